The first-order valence-electron chi connectivity index (χ1n) is 6.64. The Kier molecular flexibility index (Phi) is 3.42. The van der Waals surface area contributed by atoms with Crippen LogP contribution in [-0.4, -0.2) is 6.67 Å². The Hall–Kier alpha value is -2.68. The van der Waals surface area contributed by atoms with E-state index >= 15 is 0 Å². The lowest BCUT2D eigenvalue weighted by atomic mass is 10.1. The third-order valence-electron chi connectivity index (χ3n) is 3.30. The molecule has 0 amide bonds. The maximum Gasteiger partial charge on any atom is 0.0849 e. The summed E-state index contributed by atoms with van der Waals surface area (Å²) in [4.78, 5) is 0. The molecule has 0 heterocycles. The fourth-order valence-electron chi connectivity index (χ4n) is 2.27. The zero-order valence-electron chi connectivity index (χ0n) is 11.1. The van der Waals surface area contributed by atoms with Crippen LogP contribution in [-0.2, 0) is 0 Å². The zero-order chi connectivity index (χ0) is 13.8. The largest absolute Gasteiger partial charge is 0.398 e. The molecular weight excluding hydrogens is 246 g/mol. The molecule has 100 valence electrons. The molecule has 0 unspecified atom stereocenters. The van der Waals surface area contributed by atoms with Crippen molar-refractivity contribution in [2.45, 2.75) is 0 Å². The molecule has 3 aromatic carbocycles. The molecule has 0 atom stereocenters. The SMILES string of the molecule is Nc1ccc(NCNc2ccccc2)c2ccccc12. The third kappa shape index (κ3) is 2.52. The van der Waals surface area contributed by atoms with Crippen LogP contribution in [0.3, 0.4) is 0 Å². The standard InChI is InChI=1S/C17H17N3/c18-16-10-11-17(15-9-5-4-8-14(15)16)20-12-19-13-6-2-1-3-7-13/h1-11,19-20H,12,18H2. The van der Waals surface area contributed by atoms with E-state index in [9.17, 15) is 0 Å². The number of nitrogens with two attached hydrogens (primary N) is 1. The summed E-state index contributed by atoms with van der Waals surface area (Å²) in [6.45, 7) is 0.665. The average Bonchev–Trinajstić information content (AvgIpc) is 2.51. The second kappa shape index (κ2) is 5.53. The van der Waals surface area contributed by atoms with Crippen molar-refractivity contribution in [2.75, 3.05) is 23.0 Å². The van der Waals surface area contributed by atoms with Crippen molar-refractivity contribution in [2.24, 2.45) is 0 Å². The van der Waals surface area contributed by atoms with E-state index in [2.05, 4.69) is 16.7 Å². The van der Waals surface area contributed by atoms with Crippen LogP contribution in [0.1, 0.15) is 0 Å². The lowest BCUT2D eigenvalue weighted by molar-refractivity contribution is 1.22. The molecule has 0 saturated carbocycles. The van der Waals surface area contributed by atoms with E-state index in [0.29, 0.717) is 6.67 Å². The lowest BCUT2D eigenvalue weighted by Crippen LogP contribution is -2.11. The van der Waals surface area contributed by atoms with Crippen molar-refractivity contribution in [3.05, 3.63) is 66.7 Å². The van der Waals surface area contributed by atoms with Gasteiger partial charge < -0.3 is 16.4 Å². The van der Waals surface area contributed by atoms with Gasteiger partial charge in [-0.25, -0.2) is 0 Å². The number of fused-ring (bicyclic) bond motifs is 1. The van der Waals surface area contributed by atoms with Crippen molar-refractivity contribution in [3.63, 3.8) is 0 Å². The van der Waals surface area contributed by atoms with Gasteiger partial charge in [0.05, 0.1) is 6.67 Å². The van der Waals surface area contributed by atoms with Gasteiger partial charge in [0.1, 0.15) is 0 Å². The summed E-state index contributed by atoms with van der Waals surface area (Å²) in [7, 11) is 0. The van der Waals surface area contributed by atoms with Crippen LogP contribution in [0.2, 0.25) is 0 Å². The summed E-state index contributed by atoms with van der Waals surface area (Å²) in [5, 5.41) is 8.95. The molecule has 3 rings (SSSR count). The van der Waals surface area contributed by atoms with Crippen LogP contribution in [0, 0.1) is 0 Å². The number of hydrogen-bond donors (Lipinski definition) is 3. The maximum absolute atomic E-state index is 6.00. The van der Waals surface area contributed by atoms with Crippen LogP contribution in [0.4, 0.5) is 17.1 Å². The Balaban J connectivity index is 1.77. The van der Waals surface area contributed by atoms with Gasteiger partial charge in [0.15, 0.2) is 0 Å². The minimum atomic E-state index is 0.665. The van der Waals surface area contributed by atoms with Crippen LogP contribution in [0.25, 0.3) is 10.8 Å². The predicted octanol–water partition coefficient (Wildman–Crippen LogP) is 3.90. The van der Waals surface area contributed by atoms with E-state index in [1.54, 1.807) is 0 Å². The zero-order valence-corrected chi connectivity index (χ0v) is 11.1. The van der Waals surface area contributed by atoms with E-state index < -0.39 is 0 Å². The average molecular weight is 263 g/mol. The third-order valence-corrected chi connectivity index (χ3v) is 3.30. The first-order valence-corrected chi connectivity index (χ1v) is 6.64. The van der Waals surface area contributed by atoms with Gasteiger partial charge in [0, 0.05) is 27.8 Å². The fourth-order valence-corrected chi connectivity index (χ4v) is 2.27. The molecule has 3 nitrogen and oxygen atoms in total. The first-order chi connectivity index (χ1) is 9.84. The van der Waals surface area contributed by atoms with Gasteiger partial charge in [0.25, 0.3) is 0 Å². The Morgan fingerprint density at radius 1 is 0.700 bits per heavy atom. The summed E-state index contributed by atoms with van der Waals surface area (Å²) in [5.41, 5.74) is 8.99. The molecule has 0 aliphatic heterocycles. The normalized spacial score (nSPS) is 10.4. The van der Waals surface area contributed by atoms with Crippen molar-refractivity contribution < 1.29 is 0 Å². The highest BCUT2D eigenvalue weighted by atomic mass is 15.1. The van der Waals surface area contributed by atoms with Gasteiger partial charge in [0.2, 0.25) is 0 Å². The van der Waals surface area contributed by atoms with Gasteiger partial charge in [-0.05, 0) is 24.3 Å². The first kappa shape index (κ1) is 12.4. The molecule has 4 N–H and O–H groups in total. The molecule has 0 spiro atoms. The van der Waals surface area contributed by atoms with Gasteiger partial charge >= 0.3 is 0 Å². The predicted molar refractivity (Wildman–Crippen MR) is 86.9 cm³/mol. The molecule has 0 aliphatic rings. The number of nitrogen functional groups attached to an aromatic ring is 1. The van der Waals surface area contributed by atoms with Gasteiger partial charge in [-0.2, -0.15) is 0 Å². The Labute approximate surface area is 118 Å². The lowest BCUT2D eigenvalue weighted by Gasteiger charge is -2.12. The van der Waals surface area contributed by atoms with E-state index in [4.69, 9.17) is 5.73 Å². The number of rotatable bonds is 4. The molecule has 0 aromatic heterocycles. The summed E-state index contributed by atoms with van der Waals surface area (Å²) in [6.07, 6.45) is 0. The maximum atomic E-state index is 6.00. The highest BCUT2D eigenvalue weighted by Gasteiger charge is 2.02. The fraction of sp³-hybridized carbons (Fsp3) is 0.0588. The Morgan fingerprint density at radius 3 is 2.20 bits per heavy atom. The Morgan fingerprint density at radius 2 is 1.40 bits per heavy atom. The molecule has 0 fully saturated rings. The minimum Gasteiger partial charge on any atom is -0.398 e. The second-order valence-corrected chi connectivity index (χ2v) is 4.64. The van der Waals surface area contributed by atoms with Crippen LogP contribution < -0.4 is 16.4 Å². The molecule has 0 aliphatic carbocycles. The molecular formula is C17H17N3. The number of nitrogens with one attached hydrogen (secondary N) is 2. The summed E-state index contributed by atoms with van der Waals surface area (Å²) in [5.74, 6) is 0. The number of para-hydroxylation sites is 1. The second-order valence-electron chi connectivity index (χ2n) is 4.64. The molecule has 0 bridgehead atoms. The monoisotopic (exact) mass is 263 g/mol. The molecule has 3 heteroatoms. The molecule has 20 heavy (non-hydrogen) atoms. The molecule has 0 saturated heterocycles. The van der Waals surface area contributed by atoms with Crippen molar-refractivity contribution in [1.29, 1.82) is 0 Å². The molecule has 3 aromatic rings. The summed E-state index contributed by atoms with van der Waals surface area (Å²) < 4.78 is 0. The van der Waals surface area contributed by atoms with Crippen LogP contribution in [0.5, 0.6) is 0 Å². The summed E-state index contributed by atoms with van der Waals surface area (Å²) in [6, 6.07) is 22.2. The van der Waals surface area contributed by atoms with Crippen molar-refractivity contribution >= 4 is 27.8 Å². The number of anilines is 3. The number of benzene rings is 3. The van der Waals surface area contributed by atoms with E-state index in [1.807, 2.05) is 60.7 Å². The minimum absolute atomic E-state index is 0.665. The highest BCUT2D eigenvalue weighted by Crippen LogP contribution is 2.27. The quantitative estimate of drug-likeness (QED) is 0.494. The van der Waals surface area contributed by atoms with Gasteiger partial charge in [-0.1, -0.05) is 42.5 Å². The van der Waals surface area contributed by atoms with Crippen LogP contribution >= 0.6 is 0 Å². The Bertz CT molecular complexity index is 708. The summed E-state index contributed by atoms with van der Waals surface area (Å²) >= 11 is 0. The molecule has 0 radical (unpaired) electrons. The number of hydrogen-bond acceptors (Lipinski definition) is 3. The topological polar surface area (TPSA) is 50.1 Å². The van der Waals surface area contributed by atoms with Crippen LogP contribution in [0.15, 0.2) is 66.7 Å². The van der Waals surface area contributed by atoms with E-state index in [0.717, 1.165) is 27.8 Å². The smallest absolute Gasteiger partial charge is 0.0849 e. The van der Waals surface area contributed by atoms with Gasteiger partial charge in [-0.3, -0.25) is 0 Å². The van der Waals surface area contributed by atoms with E-state index in [1.165, 1.54) is 0 Å². The van der Waals surface area contributed by atoms with Crippen molar-refractivity contribution in [1.82, 2.24) is 0 Å². The van der Waals surface area contributed by atoms with Gasteiger partial charge in [-0.15, -0.1) is 0 Å². The van der Waals surface area contributed by atoms with Crippen molar-refractivity contribution in [3.8, 4) is 0 Å². The van der Waals surface area contributed by atoms with E-state index in [-0.39, 0.29) is 0 Å². The highest BCUT2D eigenvalue weighted by molar-refractivity contribution is 6.01.